The molecule has 1 aromatic rings. The molecular weight excluding hydrogens is 293 g/mol. The van der Waals surface area contributed by atoms with Crippen LogP contribution in [0.15, 0.2) is 18.2 Å². The maximum atomic E-state index is 12.8. The number of carboxylic acids is 1. The first kappa shape index (κ1) is 15.2. The van der Waals surface area contributed by atoms with Crippen molar-refractivity contribution in [2.45, 2.75) is 43.7 Å². The summed E-state index contributed by atoms with van der Waals surface area (Å²) < 4.78 is 38.5. The first-order chi connectivity index (χ1) is 9.25. The van der Waals surface area contributed by atoms with Crippen molar-refractivity contribution < 1.29 is 23.1 Å². The summed E-state index contributed by atoms with van der Waals surface area (Å²) in [4.78, 5) is 11.6. The van der Waals surface area contributed by atoms with Gasteiger partial charge in [-0.05, 0) is 36.6 Å². The van der Waals surface area contributed by atoms with Gasteiger partial charge >= 0.3 is 12.1 Å². The van der Waals surface area contributed by atoms with E-state index >= 15 is 0 Å². The van der Waals surface area contributed by atoms with Crippen molar-refractivity contribution in [3.05, 3.63) is 34.3 Å². The summed E-state index contributed by atoms with van der Waals surface area (Å²) in [7, 11) is 0. The molecule has 0 amide bonds. The first-order valence-electron chi connectivity index (χ1n) is 6.37. The van der Waals surface area contributed by atoms with E-state index in [0.29, 0.717) is 25.7 Å². The monoisotopic (exact) mass is 306 g/mol. The lowest BCUT2D eigenvalue weighted by Gasteiger charge is -2.34. The van der Waals surface area contributed by atoms with Gasteiger partial charge in [0.25, 0.3) is 0 Å². The molecule has 0 atom stereocenters. The summed E-state index contributed by atoms with van der Waals surface area (Å²) in [5.41, 5.74) is -1.99. The summed E-state index contributed by atoms with van der Waals surface area (Å²) in [6, 6.07) is 3.09. The molecule has 6 heteroatoms. The Bertz CT molecular complexity index is 520. The number of carbonyl (C=O) groups is 1. The minimum absolute atomic E-state index is 0.0824. The van der Waals surface area contributed by atoms with E-state index in [0.717, 1.165) is 18.6 Å². The zero-order valence-electron chi connectivity index (χ0n) is 10.6. The molecule has 2 rings (SSSR count). The normalized spacial score (nSPS) is 18.8. The molecule has 20 heavy (non-hydrogen) atoms. The van der Waals surface area contributed by atoms with Gasteiger partial charge in [0, 0.05) is 5.02 Å². The fourth-order valence-corrected chi connectivity index (χ4v) is 3.05. The van der Waals surface area contributed by atoms with Gasteiger partial charge in [-0.3, -0.25) is 4.79 Å². The molecule has 0 radical (unpaired) electrons. The van der Waals surface area contributed by atoms with Crippen LogP contribution in [-0.2, 0) is 16.4 Å². The van der Waals surface area contributed by atoms with E-state index in [2.05, 4.69) is 0 Å². The van der Waals surface area contributed by atoms with Gasteiger partial charge in [-0.25, -0.2) is 0 Å². The number of benzene rings is 1. The van der Waals surface area contributed by atoms with Gasteiger partial charge in [-0.2, -0.15) is 13.2 Å². The number of aliphatic carboxylic acids is 1. The lowest BCUT2D eigenvalue weighted by Crippen LogP contribution is -2.38. The maximum absolute atomic E-state index is 12.8. The number of carboxylic acid groups (broad SMARTS) is 1. The van der Waals surface area contributed by atoms with Gasteiger partial charge in [0.15, 0.2) is 0 Å². The lowest BCUT2D eigenvalue weighted by molar-refractivity contribution is -0.145. The van der Waals surface area contributed by atoms with Crippen LogP contribution in [-0.4, -0.2) is 11.1 Å². The van der Waals surface area contributed by atoms with Crippen LogP contribution in [0.4, 0.5) is 13.2 Å². The highest BCUT2D eigenvalue weighted by molar-refractivity contribution is 6.30. The van der Waals surface area contributed by atoms with Crippen molar-refractivity contribution in [1.82, 2.24) is 0 Å². The van der Waals surface area contributed by atoms with Gasteiger partial charge in [0.1, 0.15) is 0 Å². The number of alkyl halides is 3. The average molecular weight is 307 g/mol. The number of rotatable bonds is 2. The van der Waals surface area contributed by atoms with Crippen molar-refractivity contribution >= 4 is 17.6 Å². The molecule has 1 N–H and O–H groups in total. The Hall–Kier alpha value is -1.23. The highest BCUT2D eigenvalue weighted by Crippen LogP contribution is 2.42. The molecule has 0 bridgehead atoms. The van der Waals surface area contributed by atoms with Crippen molar-refractivity contribution in [3.8, 4) is 0 Å². The molecule has 0 spiro atoms. The van der Waals surface area contributed by atoms with E-state index in [1.807, 2.05) is 0 Å². The first-order valence-corrected chi connectivity index (χ1v) is 6.75. The topological polar surface area (TPSA) is 37.3 Å². The van der Waals surface area contributed by atoms with Crippen LogP contribution in [0.25, 0.3) is 0 Å². The smallest absolute Gasteiger partial charge is 0.416 e. The van der Waals surface area contributed by atoms with Crippen molar-refractivity contribution in [2.75, 3.05) is 0 Å². The van der Waals surface area contributed by atoms with Crippen LogP contribution in [0.1, 0.15) is 43.2 Å². The van der Waals surface area contributed by atoms with Crippen LogP contribution in [0.2, 0.25) is 5.02 Å². The minimum Gasteiger partial charge on any atom is -0.481 e. The van der Waals surface area contributed by atoms with E-state index in [-0.39, 0.29) is 10.6 Å². The molecule has 2 nitrogen and oxygen atoms in total. The largest absolute Gasteiger partial charge is 0.481 e. The quantitative estimate of drug-likeness (QED) is 0.864. The molecule has 0 aliphatic heterocycles. The second-order valence-electron chi connectivity index (χ2n) is 5.17. The highest BCUT2D eigenvalue weighted by Gasteiger charge is 2.43. The van der Waals surface area contributed by atoms with E-state index < -0.39 is 23.1 Å². The molecule has 110 valence electrons. The zero-order valence-corrected chi connectivity index (χ0v) is 11.4. The van der Waals surface area contributed by atoms with E-state index in [1.165, 1.54) is 6.07 Å². The molecule has 0 saturated heterocycles. The Balaban J connectivity index is 2.54. The third kappa shape index (κ3) is 2.77. The van der Waals surface area contributed by atoms with E-state index in [9.17, 15) is 23.1 Å². The maximum Gasteiger partial charge on any atom is 0.416 e. The molecule has 1 aliphatic carbocycles. The Kier molecular flexibility index (Phi) is 4.00. The second-order valence-corrected chi connectivity index (χ2v) is 5.61. The summed E-state index contributed by atoms with van der Waals surface area (Å²) in [6.45, 7) is 0. The molecule has 0 unspecified atom stereocenters. The predicted octanol–water partition coefficient (Wildman–Crippen LogP) is 4.65. The van der Waals surface area contributed by atoms with Crippen LogP contribution >= 0.6 is 11.6 Å². The Morgan fingerprint density at radius 2 is 1.75 bits per heavy atom. The van der Waals surface area contributed by atoms with Crippen LogP contribution in [0.5, 0.6) is 0 Å². The second kappa shape index (κ2) is 5.28. The third-order valence-electron chi connectivity index (χ3n) is 3.89. The summed E-state index contributed by atoms with van der Waals surface area (Å²) in [5, 5.41) is 9.42. The summed E-state index contributed by atoms with van der Waals surface area (Å²) in [5.74, 6) is -1.08. The molecule has 1 fully saturated rings. The molecule has 1 saturated carbocycles. The molecule has 0 aromatic heterocycles. The lowest BCUT2D eigenvalue weighted by atomic mass is 9.69. The molecule has 1 aromatic carbocycles. The molecule has 1 aliphatic rings. The number of halogens is 4. The fourth-order valence-electron chi connectivity index (χ4n) is 2.81. The number of hydrogen-bond donors (Lipinski definition) is 1. The van der Waals surface area contributed by atoms with Crippen LogP contribution in [0.3, 0.4) is 0 Å². The van der Waals surface area contributed by atoms with Gasteiger partial charge in [-0.1, -0.05) is 30.9 Å². The van der Waals surface area contributed by atoms with Gasteiger partial charge in [0.2, 0.25) is 0 Å². The van der Waals surface area contributed by atoms with Crippen molar-refractivity contribution in [3.63, 3.8) is 0 Å². The Morgan fingerprint density at radius 3 is 2.25 bits per heavy atom. The van der Waals surface area contributed by atoms with Crippen LogP contribution in [0, 0.1) is 0 Å². The molecular formula is C14H14ClF3O2. The Labute approximate surface area is 119 Å². The number of hydrogen-bond acceptors (Lipinski definition) is 1. The average Bonchev–Trinajstić information content (AvgIpc) is 2.37. The summed E-state index contributed by atoms with van der Waals surface area (Å²) in [6.07, 6.45) is -1.55. The van der Waals surface area contributed by atoms with Crippen LogP contribution < -0.4 is 0 Å². The van der Waals surface area contributed by atoms with Crippen molar-refractivity contribution in [1.29, 1.82) is 0 Å². The zero-order chi connectivity index (χ0) is 15.0. The van der Waals surface area contributed by atoms with Gasteiger partial charge in [-0.15, -0.1) is 0 Å². The standard InChI is InChI=1S/C14H14ClF3O2/c15-11-7-9(6-10(8-11)14(16,17)18)13(12(19)20)4-2-1-3-5-13/h6-8H,1-5H2,(H,19,20). The van der Waals surface area contributed by atoms with E-state index in [4.69, 9.17) is 11.6 Å². The third-order valence-corrected chi connectivity index (χ3v) is 4.11. The minimum atomic E-state index is -4.53. The fraction of sp³-hybridized carbons (Fsp3) is 0.500. The predicted molar refractivity (Wildman–Crippen MR) is 68.9 cm³/mol. The summed E-state index contributed by atoms with van der Waals surface area (Å²) >= 11 is 5.75. The molecule has 0 heterocycles. The SMILES string of the molecule is O=C(O)C1(c2cc(Cl)cc(C(F)(F)F)c2)CCCCC1. The van der Waals surface area contributed by atoms with E-state index in [1.54, 1.807) is 0 Å². The van der Waals surface area contributed by atoms with Gasteiger partial charge < -0.3 is 5.11 Å². The highest BCUT2D eigenvalue weighted by atomic mass is 35.5. The van der Waals surface area contributed by atoms with Gasteiger partial charge in [0.05, 0.1) is 11.0 Å². The van der Waals surface area contributed by atoms with Crippen molar-refractivity contribution in [2.24, 2.45) is 0 Å². The Morgan fingerprint density at radius 1 is 1.15 bits per heavy atom.